The molecule has 79 valence electrons. The van der Waals surface area contributed by atoms with Crippen LogP contribution >= 0.6 is 0 Å². The summed E-state index contributed by atoms with van der Waals surface area (Å²) in [4.78, 5) is 4.05. The Morgan fingerprint density at radius 2 is 2.12 bits per heavy atom. The molecule has 2 nitrogen and oxygen atoms in total. The van der Waals surface area contributed by atoms with Gasteiger partial charge >= 0.3 is 0 Å². The molecule has 0 aliphatic carbocycles. The molecule has 0 aliphatic heterocycles. The minimum absolute atomic E-state index is 0.744. The summed E-state index contributed by atoms with van der Waals surface area (Å²) in [5, 5.41) is 0. The number of aromatic nitrogens is 1. The van der Waals surface area contributed by atoms with Crippen LogP contribution in [0, 0.1) is 6.07 Å². The van der Waals surface area contributed by atoms with Crippen molar-refractivity contribution in [3.8, 4) is 5.75 Å². The Labute approximate surface area is 95.2 Å². The summed E-state index contributed by atoms with van der Waals surface area (Å²) in [6.07, 6.45) is 7.62. The second-order valence-electron chi connectivity index (χ2n) is 3.31. The lowest BCUT2D eigenvalue weighted by Gasteiger charge is -1.99. The number of rotatable bonds is 3. The molecule has 0 spiro atoms. The molecule has 1 aromatic carbocycles. The SMILES string of the molecule is COc1[c]ccc(/C=C/c2cccnc2)c1. The van der Waals surface area contributed by atoms with Crippen molar-refractivity contribution in [2.75, 3.05) is 7.11 Å². The molecule has 2 rings (SSSR count). The van der Waals surface area contributed by atoms with Gasteiger partial charge in [0.05, 0.1) is 7.11 Å². The monoisotopic (exact) mass is 210 g/mol. The molecule has 0 aliphatic rings. The maximum atomic E-state index is 5.11. The zero-order valence-electron chi connectivity index (χ0n) is 9.05. The summed E-state index contributed by atoms with van der Waals surface area (Å²) in [7, 11) is 1.64. The molecule has 0 amide bonds. The van der Waals surface area contributed by atoms with Gasteiger partial charge in [-0.3, -0.25) is 4.98 Å². The van der Waals surface area contributed by atoms with E-state index in [9.17, 15) is 0 Å². The zero-order valence-corrected chi connectivity index (χ0v) is 9.05. The first-order valence-corrected chi connectivity index (χ1v) is 5.02. The lowest BCUT2D eigenvalue weighted by atomic mass is 10.1. The van der Waals surface area contributed by atoms with Crippen LogP contribution in [0.4, 0.5) is 0 Å². The highest BCUT2D eigenvalue weighted by atomic mass is 16.5. The Hall–Kier alpha value is -2.09. The Kier molecular flexibility index (Phi) is 3.34. The van der Waals surface area contributed by atoms with E-state index in [4.69, 9.17) is 4.74 Å². The van der Waals surface area contributed by atoms with Crippen LogP contribution in [-0.2, 0) is 0 Å². The van der Waals surface area contributed by atoms with Crippen LogP contribution in [0.15, 0.2) is 42.7 Å². The summed E-state index contributed by atoms with van der Waals surface area (Å²) in [5.74, 6) is 0.744. The average Bonchev–Trinajstić information content (AvgIpc) is 2.38. The van der Waals surface area contributed by atoms with E-state index in [1.807, 2.05) is 48.7 Å². The topological polar surface area (TPSA) is 22.1 Å². The lowest BCUT2D eigenvalue weighted by Crippen LogP contribution is -1.82. The van der Waals surface area contributed by atoms with E-state index in [-0.39, 0.29) is 0 Å². The van der Waals surface area contributed by atoms with Crippen molar-refractivity contribution in [2.24, 2.45) is 0 Å². The Bertz CT molecular complexity index is 477. The van der Waals surface area contributed by atoms with Crippen LogP contribution in [0.3, 0.4) is 0 Å². The summed E-state index contributed by atoms with van der Waals surface area (Å²) in [5.41, 5.74) is 2.16. The van der Waals surface area contributed by atoms with E-state index in [1.54, 1.807) is 13.3 Å². The maximum Gasteiger partial charge on any atom is 0.127 e. The number of ether oxygens (including phenoxy) is 1. The predicted molar refractivity (Wildman–Crippen MR) is 65.0 cm³/mol. The molecule has 2 heteroatoms. The summed E-state index contributed by atoms with van der Waals surface area (Å²) < 4.78 is 5.11. The quantitative estimate of drug-likeness (QED) is 0.776. The fourth-order valence-corrected chi connectivity index (χ4v) is 1.35. The van der Waals surface area contributed by atoms with Crippen LogP contribution < -0.4 is 4.74 Å². The second kappa shape index (κ2) is 5.12. The van der Waals surface area contributed by atoms with Crippen molar-refractivity contribution in [3.05, 3.63) is 59.9 Å². The third-order valence-corrected chi connectivity index (χ3v) is 2.17. The van der Waals surface area contributed by atoms with Gasteiger partial charge in [0.25, 0.3) is 0 Å². The zero-order chi connectivity index (χ0) is 11.2. The Morgan fingerprint density at radius 3 is 2.88 bits per heavy atom. The molecule has 0 saturated carbocycles. The van der Waals surface area contributed by atoms with Gasteiger partial charge in [-0.2, -0.15) is 0 Å². The van der Waals surface area contributed by atoms with Crippen molar-refractivity contribution < 1.29 is 4.74 Å². The van der Waals surface area contributed by atoms with Crippen LogP contribution in [0.25, 0.3) is 12.2 Å². The number of hydrogen-bond acceptors (Lipinski definition) is 2. The van der Waals surface area contributed by atoms with Gasteiger partial charge in [-0.15, -0.1) is 0 Å². The van der Waals surface area contributed by atoms with Crippen LogP contribution in [0.1, 0.15) is 11.1 Å². The molecule has 0 saturated heterocycles. The highest BCUT2D eigenvalue weighted by Crippen LogP contribution is 2.14. The van der Waals surface area contributed by atoms with E-state index < -0.39 is 0 Å². The van der Waals surface area contributed by atoms with Crippen LogP contribution in [0.5, 0.6) is 5.75 Å². The van der Waals surface area contributed by atoms with Gasteiger partial charge < -0.3 is 4.74 Å². The van der Waals surface area contributed by atoms with Crippen molar-refractivity contribution in [3.63, 3.8) is 0 Å². The maximum absolute atomic E-state index is 5.11. The normalized spacial score (nSPS) is 10.6. The first-order chi connectivity index (χ1) is 7.88. The fraction of sp³-hybridized carbons (Fsp3) is 0.0714. The standard InChI is InChI=1S/C14H12NO/c1-16-14-6-2-4-12(10-14)7-8-13-5-3-9-15-11-13/h2-5,7-11H,1H3/b8-7+. The van der Waals surface area contributed by atoms with E-state index in [0.717, 1.165) is 16.9 Å². The first kappa shape index (κ1) is 10.4. The minimum atomic E-state index is 0.744. The first-order valence-electron chi connectivity index (χ1n) is 5.02. The van der Waals surface area contributed by atoms with Crippen molar-refractivity contribution in [1.29, 1.82) is 0 Å². The molecule has 0 fully saturated rings. The molecule has 1 aromatic heterocycles. The van der Waals surface area contributed by atoms with Crippen molar-refractivity contribution in [2.45, 2.75) is 0 Å². The fourth-order valence-electron chi connectivity index (χ4n) is 1.35. The molecule has 16 heavy (non-hydrogen) atoms. The van der Waals surface area contributed by atoms with Gasteiger partial charge in [0.1, 0.15) is 5.75 Å². The highest BCUT2D eigenvalue weighted by molar-refractivity contribution is 5.69. The molecule has 0 atom stereocenters. The van der Waals surface area contributed by atoms with Crippen LogP contribution in [0.2, 0.25) is 0 Å². The van der Waals surface area contributed by atoms with Gasteiger partial charge in [0.15, 0.2) is 0 Å². The molecule has 1 radical (unpaired) electrons. The molecular formula is C14H12NO. The van der Waals surface area contributed by atoms with E-state index in [2.05, 4.69) is 11.1 Å². The average molecular weight is 210 g/mol. The molecule has 0 bridgehead atoms. The third-order valence-electron chi connectivity index (χ3n) is 2.17. The van der Waals surface area contributed by atoms with E-state index in [0.29, 0.717) is 0 Å². The summed E-state index contributed by atoms with van der Waals surface area (Å²) in [6, 6.07) is 12.7. The predicted octanol–water partition coefficient (Wildman–Crippen LogP) is 3.06. The van der Waals surface area contributed by atoms with Gasteiger partial charge in [0, 0.05) is 18.5 Å². The third kappa shape index (κ3) is 2.70. The van der Waals surface area contributed by atoms with Gasteiger partial charge in [0.2, 0.25) is 0 Å². The lowest BCUT2D eigenvalue weighted by molar-refractivity contribution is 0.414. The number of pyridine rings is 1. The summed E-state index contributed by atoms with van der Waals surface area (Å²) in [6.45, 7) is 0. The molecular weight excluding hydrogens is 198 g/mol. The molecule has 0 N–H and O–H groups in total. The number of nitrogens with zero attached hydrogens (tertiary/aromatic N) is 1. The molecule has 0 unspecified atom stereocenters. The highest BCUT2D eigenvalue weighted by Gasteiger charge is 1.92. The van der Waals surface area contributed by atoms with Gasteiger partial charge in [-0.1, -0.05) is 24.3 Å². The Morgan fingerprint density at radius 1 is 1.25 bits per heavy atom. The van der Waals surface area contributed by atoms with Crippen molar-refractivity contribution in [1.82, 2.24) is 4.98 Å². The van der Waals surface area contributed by atoms with E-state index >= 15 is 0 Å². The smallest absolute Gasteiger partial charge is 0.127 e. The van der Waals surface area contributed by atoms with Gasteiger partial charge in [-0.05, 0) is 29.3 Å². The van der Waals surface area contributed by atoms with Gasteiger partial charge in [-0.25, -0.2) is 0 Å². The van der Waals surface area contributed by atoms with E-state index in [1.165, 1.54) is 0 Å². The van der Waals surface area contributed by atoms with Crippen molar-refractivity contribution >= 4 is 12.2 Å². The molecule has 2 aromatic rings. The molecule has 1 heterocycles. The van der Waals surface area contributed by atoms with Crippen LogP contribution in [-0.4, -0.2) is 12.1 Å². The number of methoxy groups -OCH3 is 1. The second-order valence-corrected chi connectivity index (χ2v) is 3.31. The largest absolute Gasteiger partial charge is 0.496 e. The minimum Gasteiger partial charge on any atom is -0.496 e. The number of hydrogen-bond donors (Lipinski definition) is 0. The number of benzene rings is 1. The summed E-state index contributed by atoms with van der Waals surface area (Å²) >= 11 is 0. The Balaban J connectivity index is 2.17.